The van der Waals surface area contributed by atoms with Crippen LogP contribution in [0.1, 0.15) is 54.4 Å². The molecule has 0 atom stereocenters. The molecule has 0 aromatic carbocycles. The van der Waals surface area contributed by atoms with Crippen LogP contribution in [-0.4, -0.2) is 37.6 Å². The van der Waals surface area contributed by atoms with Gasteiger partial charge in [0.15, 0.2) is 0 Å². The minimum Gasteiger partial charge on any atom is -0.382 e. The van der Waals surface area contributed by atoms with E-state index in [-0.39, 0.29) is 0 Å². The number of ether oxygens (including phenoxy) is 1. The molecule has 1 aliphatic rings. The fraction of sp³-hybridized carbons (Fsp3) is 0.933. The molecule has 0 N–H and O–H groups in total. The van der Waals surface area contributed by atoms with Gasteiger partial charge in [0.2, 0.25) is 6.41 Å². The van der Waals surface area contributed by atoms with Gasteiger partial charge in [0.05, 0.1) is 0 Å². The average molecular weight is 259 g/mol. The first-order valence-electron chi connectivity index (χ1n) is 7.42. The number of carbonyl (C=O) groups excluding carboxylic acids is 1. The third-order valence-corrected chi connectivity index (χ3v) is 3.07. The molecule has 0 aliphatic carbocycles. The van der Waals surface area contributed by atoms with Gasteiger partial charge in [-0.05, 0) is 38.5 Å². The molecule has 110 valence electrons. The van der Waals surface area contributed by atoms with Crippen LogP contribution in [0, 0.1) is 11.8 Å². The summed E-state index contributed by atoms with van der Waals surface area (Å²) in [5.74, 6) is 1.62. The standard InChI is InChI=1S/C9H17NO.C4H10O.C2H6/c1-8(2)9-3-5-10(7-11)6-4-9;1-3-5-4-2;1-2/h7-9H,3-6H2,1-2H3;3-4H2,1-2H3;1-2H3. The van der Waals surface area contributed by atoms with Crippen LogP contribution in [0.2, 0.25) is 0 Å². The Bertz CT molecular complexity index is 162. The van der Waals surface area contributed by atoms with Crippen molar-refractivity contribution in [2.45, 2.75) is 54.4 Å². The molecule has 1 amide bonds. The van der Waals surface area contributed by atoms with Crippen LogP contribution in [0.3, 0.4) is 0 Å². The molecule has 1 aliphatic heterocycles. The molecule has 1 saturated heterocycles. The molecule has 0 radical (unpaired) electrons. The Morgan fingerprint density at radius 3 is 1.83 bits per heavy atom. The molecular weight excluding hydrogens is 226 g/mol. The molecule has 1 fully saturated rings. The monoisotopic (exact) mass is 259 g/mol. The molecule has 0 aromatic heterocycles. The highest BCUT2D eigenvalue weighted by atomic mass is 16.5. The Balaban J connectivity index is 0. The minimum atomic E-state index is 0.781. The van der Waals surface area contributed by atoms with Crippen LogP contribution in [0.25, 0.3) is 0 Å². The zero-order valence-electron chi connectivity index (χ0n) is 13.2. The number of carbonyl (C=O) groups is 1. The van der Waals surface area contributed by atoms with Crippen molar-refractivity contribution < 1.29 is 9.53 Å². The topological polar surface area (TPSA) is 29.5 Å². The third-order valence-electron chi connectivity index (χ3n) is 3.07. The summed E-state index contributed by atoms with van der Waals surface area (Å²) >= 11 is 0. The van der Waals surface area contributed by atoms with Crippen molar-refractivity contribution in [3.63, 3.8) is 0 Å². The van der Waals surface area contributed by atoms with Gasteiger partial charge in [-0.3, -0.25) is 4.79 Å². The van der Waals surface area contributed by atoms with Crippen LogP contribution in [0.15, 0.2) is 0 Å². The smallest absolute Gasteiger partial charge is 0.209 e. The van der Waals surface area contributed by atoms with E-state index in [1.165, 1.54) is 12.8 Å². The fourth-order valence-electron chi connectivity index (χ4n) is 1.90. The van der Waals surface area contributed by atoms with E-state index in [4.69, 9.17) is 4.74 Å². The molecule has 0 aromatic rings. The molecule has 0 saturated carbocycles. The first-order valence-corrected chi connectivity index (χ1v) is 7.42. The van der Waals surface area contributed by atoms with E-state index in [9.17, 15) is 4.79 Å². The Morgan fingerprint density at radius 1 is 1.17 bits per heavy atom. The largest absolute Gasteiger partial charge is 0.382 e. The van der Waals surface area contributed by atoms with E-state index in [1.54, 1.807) is 0 Å². The number of piperidine rings is 1. The molecular formula is C15H33NO2. The Kier molecular flexibility index (Phi) is 15.9. The Labute approximate surface area is 114 Å². The van der Waals surface area contributed by atoms with Crippen molar-refractivity contribution >= 4 is 6.41 Å². The second kappa shape index (κ2) is 14.5. The van der Waals surface area contributed by atoms with Crippen LogP contribution in [0.5, 0.6) is 0 Å². The summed E-state index contributed by atoms with van der Waals surface area (Å²) in [5, 5.41) is 0. The zero-order valence-corrected chi connectivity index (χ0v) is 13.2. The molecule has 18 heavy (non-hydrogen) atoms. The summed E-state index contributed by atoms with van der Waals surface area (Å²) in [4.78, 5) is 12.2. The molecule has 3 nitrogen and oxygen atoms in total. The van der Waals surface area contributed by atoms with Gasteiger partial charge in [-0.2, -0.15) is 0 Å². The van der Waals surface area contributed by atoms with E-state index in [1.807, 2.05) is 32.6 Å². The highest BCUT2D eigenvalue weighted by molar-refractivity contribution is 5.47. The molecule has 1 heterocycles. The summed E-state index contributed by atoms with van der Waals surface area (Å²) in [6.45, 7) is 16.1. The predicted molar refractivity (Wildman–Crippen MR) is 78.7 cm³/mol. The lowest BCUT2D eigenvalue weighted by Gasteiger charge is -2.31. The maximum Gasteiger partial charge on any atom is 0.209 e. The van der Waals surface area contributed by atoms with Crippen molar-refractivity contribution in [3.8, 4) is 0 Å². The maximum absolute atomic E-state index is 10.4. The lowest BCUT2D eigenvalue weighted by Crippen LogP contribution is -2.34. The van der Waals surface area contributed by atoms with Gasteiger partial charge in [-0.25, -0.2) is 0 Å². The summed E-state index contributed by atoms with van der Waals surface area (Å²) in [6.07, 6.45) is 3.35. The SMILES string of the molecule is CC.CC(C)C1CCN(C=O)CC1.CCOCC. The van der Waals surface area contributed by atoms with E-state index in [2.05, 4.69) is 13.8 Å². The molecule has 3 heteroatoms. The van der Waals surface area contributed by atoms with Crippen molar-refractivity contribution in [2.24, 2.45) is 11.8 Å². The second-order valence-corrected chi connectivity index (χ2v) is 4.50. The summed E-state index contributed by atoms with van der Waals surface area (Å²) in [7, 11) is 0. The van der Waals surface area contributed by atoms with Gasteiger partial charge < -0.3 is 9.64 Å². The van der Waals surface area contributed by atoms with Gasteiger partial charge in [0, 0.05) is 26.3 Å². The normalized spacial score (nSPS) is 15.4. The molecule has 1 rings (SSSR count). The first kappa shape index (κ1) is 19.8. The van der Waals surface area contributed by atoms with Crippen molar-refractivity contribution in [1.82, 2.24) is 4.90 Å². The predicted octanol–water partition coefficient (Wildman–Crippen LogP) is 3.58. The lowest BCUT2D eigenvalue weighted by molar-refractivity contribution is -0.119. The second-order valence-electron chi connectivity index (χ2n) is 4.50. The van der Waals surface area contributed by atoms with E-state index in [0.717, 1.165) is 44.5 Å². The summed E-state index contributed by atoms with van der Waals surface area (Å²) in [6, 6.07) is 0. The summed E-state index contributed by atoms with van der Waals surface area (Å²) in [5.41, 5.74) is 0. The third kappa shape index (κ3) is 10.6. The average Bonchev–Trinajstić information content (AvgIpc) is 2.42. The number of rotatable bonds is 4. The van der Waals surface area contributed by atoms with Crippen molar-refractivity contribution in [2.75, 3.05) is 26.3 Å². The highest BCUT2D eigenvalue weighted by Gasteiger charge is 2.19. The van der Waals surface area contributed by atoms with E-state index in [0.29, 0.717) is 0 Å². The van der Waals surface area contributed by atoms with Crippen LogP contribution in [0.4, 0.5) is 0 Å². The van der Waals surface area contributed by atoms with Crippen molar-refractivity contribution in [1.29, 1.82) is 0 Å². The first-order chi connectivity index (χ1) is 8.65. The highest BCUT2D eigenvalue weighted by Crippen LogP contribution is 2.23. The zero-order chi connectivity index (χ0) is 14.4. The molecule has 0 spiro atoms. The fourth-order valence-corrected chi connectivity index (χ4v) is 1.90. The van der Waals surface area contributed by atoms with Crippen LogP contribution in [-0.2, 0) is 9.53 Å². The van der Waals surface area contributed by atoms with Gasteiger partial charge in [0.25, 0.3) is 0 Å². The van der Waals surface area contributed by atoms with Crippen LogP contribution >= 0.6 is 0 Å². The van der Waals surface area contributed by atoms with Crippen LogP contribution < -0.4 is 0 Å². The lowest BCUT2D eigenvalue weighted by atomic mass is 9.87. The van der Waals surface area contributed by atoms with Crippen molar-refractivity contribution in [3.05, 3.63) is 0 Å². The van der Waals surface area contributed by atoms with E-state index >= 15 is 0 Å². The number of nitrogens with zero attached hydrogens (tertiary/aromatic N) is 1. The van der Waals surface area contributed by atoms with Gasteiger partial charge in [-0.15, -0.1) is 0 Å². The molecule has 0 bridgehead atoms. The van der Waals surface area contributed by atoms with Gasteiger partial charge in [0.1, 0.15) is 0 Å². The Morgan fingerprint density at radius 2 is 1.61 bits per heavy atom. The molecule has 0 unspecified atom stereocenters. The minimum absolute atomic E-state index is 0.781. The number of amides is 1. The quantitative estimate of drug-likeness (QED) is 0.722. The van der Waals surface area contributed by atoms with E-state index < -0.39 is 0 Å². The maximum atomic E-state index is 10.4. The number of hydrogen-bond acceptors (Lipinski definition) is 2. The number of hydrogen-bond donors (Lipinski definition) is 0. The van der Waals surface area contributed by atoms with Gasteiger partial charge >= 0.3 is 0 Å². The number of likely N-dealkylation sites (tertiary alicyclic amines) is 1. The summed E-state index contributed by atoms with van der Waals surface area (Å²) < 4.78 is 4.83. The Hall–Kier alpha value is -0.570. The van der Waals surface area contributed by atoms with Gasteiger partial charge in [-0.1, -0.05) is 27.7 Å².